The number of thioether (sulfide) groups is 1. The molecule has 0 atom stereocenters. The van der Waals surface area contributed by atoms with E-state index >= 15 is 0 Å². The van der Waals surface area contributed by atoms with Crippen molar-refractivity contribution in [2.75, 3.05) is 0 Å². The molecule has 27 heavy (non-hydrogen) atoms. The maximum atomic E-state index is 14.2. The summed E-state index contributed by atoms with van der Waals surface area (Å²) in [7, 11) is 0. The zero-order chi connectivity index (χ0) is 18.2. The van der Waals surface area contributed by atoms with Crippen molar-refractivity contribution in [3.05, 3.63) is 72.2 Å². The van der Waals surface area contributed by atoms with Crippen LogP contribution in [0.3, 0.4) is 0 Å². The highest BCUT2D eigenvalue weighted by Gasteiger charge is 2.30. The molecule has 4 nitrogen and oxygen atoms in total. The molecule has 2 heterocycles. The third-order valence-corrected chi connectivity index (χ3v) is 5.67. The average molecular weight is 376 g/mol. The molecule has 0 saturated heterocycles. The van der Waals surface area contributed by atoms with Crippen LogP contribution in [0.2, 0.25) is 0 Å². The highest BCUT2D eigenvalue weighted by atomic mass is 32.2. The Morgan fingerprint density at radius 2 is 1.78 bits per heavy atom. The van der Waals surface area contributed by atoms with Crippen LogP contribution in [0.5, 0.6) is 0 Å². The van der Waals surface area contributed by atoms with Gasteiger partial charge in [-0.1, -0.05) is 48.2 Å². The topological polar surface area (TPSA) is 43.6 Å². The Balaban J connectivity index is 1.44. The number of pyridine rings is 1. The summed E-state index contributed by atoms with van der Waals surface area (Å²) in [6.45, 7) is 0. The van der Waals surface area contributed by atoms with Crippen molar-refractivity contribution < 1.29 is 4.39 Å². The van der Waals surface area contributed by atoms with E-state index in [2.05, 4.69) is 26.9 Å². The van der Waals surface area contributed by atoms with E-state index in [4.69, 9.17) is 4.98 Å². The Hall–Kier alpha value is -2.73. The second-order valence-electron chi connectivity index (χ2n) is 6.67. The Morgan fingerprint density at radius 3 is 2.63 bits per heavy atom. The summed E-state index contributed by atoms with van der Waals surface area (Å²) >= 11 is 1.60. The number of hydrogen-bond acceptors (Lipinski definition) is 4. The minimum atomic E-state index is -0.264. The summed E-state index contributed by atoms with van der Waals surface area (Å²) in [6.07, 6.45) is 2.17. The molecule has 2 aromatic carbocycles. The first kappa shape index (κ1) is 16.4. The van der Waals surface area contributed by atoms with E-state index in [1.54, 1.807) is 23.9 Å². The van der Waals surface area contributed by atoms with Gasteiger partial charge in [0.25, 0.3) is 0 Å². The van der Waals surface area contributed by atoms with Gasteiger partial charge in [0.1, 0.15) is 5.82 Å². The third kappa shape index (κ3) is 3.21. The Bertz CT molecular complexity index is 1120. The van der Waals surface area contributed by atoms with Crippen molar-refractivity contribution in [3.8, 4) is 11.4 Å². The van der Waals surface area contributed by atoms with Crippen LogP contribution < -0.4 is 0 Å². The number of rotatable bonds is 5. The van der Waals surface area contributed by atoms with Crippen LogP contribution in [0.1, 0.15) is 24.6 Å². The summed E-state index contributed by atoms with van der Waals surface area (Å²) in [6, 6.07) is 19.3. The second-order valence-corrected chi connectivity index (χ2v) is 7.61. The van der Waals surface area contributed by atoms with Gasteiger partial charge in [-0.3, -0.25) is 9.55 Å². The zero-order valence-corrected chi connectivity index (χ0v) is 15.4. The normalized spacial score (nSPS) is 14.0. The van der Waals surface area contributed by atoms with Crippen molar-refractivity contribution in [2.24, 2.45) is 0 Å². The molecular formula is C21H17FN4S. The van der Waals surface area contributed by atoms with E-state index in [0.29, 0.717) is 23.2 Å². The first-order valence-electron chi connectivity index (χ1n) is 8.97. The van der Waals surface area contributed by atoms with Gasteiger partial charge in [0.2, 0.25) is 0 Å². The summed E-state index contributed by atoms with van der Waals surface area (Å²) in [4.78, 5) is 4.72. The maximum Gasteiger partial charge on any atom is 0.192 e. The van der Waals surface area contributed by atoms with Gasteiger partial charge in [-0.15, -0.1) is 10.2 Å². The standard InChI is InChI=1S/C21H17FN4S/c22-18-7-3-2-6-17(18)20-24-25-21(26(20)16-11-12-16)27-13-15-10-9-14-5-1-4-8-19(14)23-15/h1-10,16H,11-13H2. The zero-order valence-electron chi connectivity index (χ0n) is 14.5. The van der Waals surface area contributed by atoms with Crippen LogP contribution in [0.25, 0.3) is 22.3 Å². The predicted octanol–water partition coefficient (Wildman–Crippen LogP) is 5.26. The largest absolute Gasteiger partial charge is 0.299 e. The maximum absolute atomic E-state index is 14.2. The van der Waals surface area contributed by atoms with E-state index in [0.717, 1.165) is 34.6 Å². The lowest BCUT2D eigenvalue weighted by atomic mass is 10.2. The summed E-state index contributed by atoms with van der Waals surface area (Å²) < 4.78 is 16.3. The number of para-hydroxylation sites is 1. The number of hydrogen-bond donors (Lipinski definition) is 0. The van der Waals surface area contributed by atoms with Crippen molar-refractivity contribution in [1.82, 2.24) is 19.7 Å². The fourth-order valence-corrected chi connectivity index (χ4v) is 4.10. The molecular weight excluding hydrogens is 359 g/mol. The first-order valence-corrected chi connectivity index (χ1v) is 9.95. The smallest absolute Gasteiger partial charge is 0.192 e. The lowest BCUT2D eigenvalue weighted by Crippen LogP contribution is -2.01. The van der Waals surface area contributed by atoms with Crippen molar-refractivity contribution in [3.63, 3.8) is 0 Å². The highest BCUT2D eigenvalue weighted by Crippen LogP contribution is 2.41. The molecule has 4 aromatic rings. The minimum Gasteiger partial charge on any atom is -0.299 e. The SMILES string of the molecule is Fc1ccccc1-c1nnc(SCc2ccc3ccccc3n2)n1C1CC1. The molecule has 0 N–H and O–H groups in total. The van der Waals surface area contributed by atoms with Crippen LogP contribution in [0.4, 0.5) is 4.39 Å². The molecule has 6 heteroatoms. The molecule has 0 spiro atoms. The number of nitrogens with zero attached hydrogens (tertiary/aromatic N) is 4. The van der Waals surface area contributed by atoms with Crippen molar-refractivity contribution in [2.45, 2.75) is 29.8 Å². The molecule has 0 aliphatic heterocycles. The minimum absolute atomic E-state index is 0.264. The van der Waals surface area contributed by atoms with Gasteiger partial charge in [0.05, 0.1) is 16.8 Å². The van der Waals surface area contributed by atoms with Crippen LogP contribution in [0, 0.1) is 5.82 Å². The van der Waals surface area contributed by atoms with Crippen LogP contribution in [-0.4, -0.2) is 19.7 Å². The summed E-state index contributed by atoms with van der Waals surface area (Å²) in [5.41, 5.74) is 2.50. The first-order chi connectivity index (χ1) is 13.3. The lowest BCUT2D eigenvalue weighted by Gasteiger charge is -2.09. The van der Waals surface area contributed by atoms with E-state index in [1.165, 1.54) is 6.07 Å². The highest BCUT2D eigenvalue weighted by molar-refractivity contribution is 7.98. The summed E-state index contributed by atoms with van der Waals surface area (Å²) in [5.74, 6) is 1.05. The van der Waals surface area contributed by atoms with Crippen molar-refractivity contribution >= 4 is 22.7 Å². The molecule has 0 bridgehead atoms. The van der Waals surface area contributed by atoms with Gasteiger partial charge >= 0.3 is 0 Å². The van der Waals surface area contributed by atoms with Crippen molar-refractivity contribution in [1.29, 1.82) is 0 Å². The van der Waals surface area contributed by atoms with Gasteiger partial charge in [-0.05, 0) is 37.1 Å². The van der Waals surface area contributed by atoms with Crippen LogP contribution in [-0.2, 0) is 5.75 Å². The number of benzene rings is 2. The van der Waals surface area contributed by atoms with Gasteiger partial charge < -0.3 is 0 Å². The molecule has 134 valence electrons. The molecule has 5 rings (SSSR count). The quantitative estimate of drug-likeness (QED) is 0.446. The van der Waals surface area contributed by atoms with Gasteiger partial charge in [-0.2, -0.15) is 0 Å². The van der Waals surface area contributed by atoms with Gasteiger partial charge in [0.15, 0.2) is 11.0 Å². The molecule has 2 aromatic heterocycles. The number of fused-ring (bicyclic) bond motifs is 1. The monoisotopic (exact) mass is 376 g/mol. The Morgan fingerprint density at radius 1 is 0.963 bits per heavy atom. The molecule has 0 amide bonds. The molecule has 1 saturated carbocycles. The van der Waals surface area contributed by atoms with Crippen LogP contribution in [0.15, 0.2) is 65.8 Å². The predicted molar refractivity (Wildman–Crippen MR) is 105 cm³/mol. The molecule has 1 aliphatic rings. The Kier molecular flexibility index (Phi) is 4.13. The fourth-order valence-electron chi connectivity index (χ4n) is 3.19. The van der Waals surface area contributed by atoms with Crippen LogP contribution >= 0.6 is 11.8 Å². The molecule has 1 aliphatic carbocycles. The number of aromatic nitrogens is 4. The average Bonchev–Trinajstić information content (AvgIpc) is 3.46. The number of halogens is 1. The Labute approximate surface area is 160 Å². The third-order valence-electron chi connectivity index (χ3n) is 4.70. The summed E-state index contributed by atoms with van der Waals surface area (Å²) in [5, 5.41) is 10.6. The lowest BCUT2D eigenvalue weighted by molar-refractivity contribution is 0.622. The van der Waals surface area contributed by atoms with E-state index < -0.39 is 0 Å². The van der Waals surface area contributed by atoms with E-state index in [9.17, 15) is 4.39 Å². The molecule has 0 radical (unpaired) electrons. The van der Waals surface area contributed by atoms with E-state index in [-0.39, 0.29) is 5.82 Å². The molecule has 0 unspecified atom stereocenters. The second kappa shape index (κ2) is 6.78. The van der Waals surface area contributed by atoms with Gasteiger partial charge in [0, 0.05) is 17.2 Å². The fraction of sp³-hybridized carbons (Fsp3) is 0.190. The molecule has 1 fully saturated rings. The van der Waals surface area contributed by atoms with E-state index in [1.807, 2.05) is 30.3 Å². The van der Waals surface area contributed by atoms with Gasteiger partial charge in [-0.25, -0.2) is 4.39 Å².